The molecule has 4 aromatic rings. The maximum atomic E-state index is 12.7. The molecule has 174 valence electrons. The van der Waals surface area contributed by atoms with E-state index >= 15 is 0 Å². The molecule has 1 aliphatic carbocycles. The minimum atomic E-state index is -0.198. The second-order valence-corrected chi connectivity index (χ2v) is 8.63. The van der Waals surface area contributed by atoms with Crippen LogP contribution in [-0.2, 0) is 11.3 Å². The monoisotopic (exact) mass is 457 g/mol. The zero-order chi connectivity index (χ0) is 23.5. The number of hydrogen-bond donors (Lipinski definition) is 2. The Morgan fingerprint density at radius 1 is 1.21 bits per heavy atom. The van der Waals surface area contributed by atoms with Gasteiger partial charge in [0.2, 0.25) is 0 Å². The molecule has 2 N–H and O–H groups in total. The van der Waals surface area contributed by atoms with Crippen LogP contribution in [0.3, 0.4) is 0 Å². The van der Waals surface area contributed by atoms with Gasteiger partial charge in [0.25, 0.3) is 5.56 Å². The number of pyridine rings is 1. The van der Waals surface area contributed by atoms with Crippen molar-refractivity contribution in [3.8, 4) is 17.2 Å². The van der Waals surface area contributed by atoms with Crippen molar-refractivity contribution in [3.05, 3.63) is 59.3 Å². The normalized spacial score (nSPS) is 18.1. The number of aromatic amines is 1. The van der Waals surface area contributed by atoms with Crippen LogP contribution < -0.4 is 10.9 Å². The fourth-order valence-corrected chi connectivity index (χ4v) is 4.70. The van der Waals surface area contributed by atoms with Crippen LogP contribution >= 0.6 is 0 Å². The molecule has 0 aliphatic heterocycles. The van der Waals surface area contributed by atoms with Gasteiger partial charge in [-0.25, -0.2) is 0 Å². The molecule has 5 rings (SSSR count). The van der Waals surface area contributed by atoms with E-state index in [4.69, 9.17) is 9.84 Å². The van der Waals surface area contributed by atoms with E-state index in [1.807, 2.05) is 52.1 Å². The fourth-order valence-electron chi connectivity index (χ4n) is 4.70. The van der Waals surface area contributed by atoms with Crippen molar-refractivity contribution < 1.29 is 4.74 Å². The first-order valence-electron chi connectivity index (χ1n) is 11.6. The van der Waals surface area contributed by atoms with Crippen LogP contribution in [0, 0.1) is 17.2 Å². The van der Waals surface area contributed by atoms with Gasteiger partial charge in [-0.15, -0.1) is 0 Å². The Hall–Kier alpha value is -3.90. The van der Waals surface area contributed by atoms with Crippen molar-refractivity contribution in [2.24, 2.45) is 5.92 Å². The Morgan fingerprint density at radius 2 is 2.03 bits per heavy atom. The van der Waals surface area contributed by atoms with E-state index in [1.165, 1.54) is 0 Å². The molecule has 3 aromatic heterocycles. The van der Waals surface area contributed by atoms with Gasteiger partial charge in [-0.05, 0) is 36.6 Å². The number of benzene rings is 1. The Bertz CT molecular complexity index is 1380. The highest BCUT2D eigenvalue weighted by atomic mass is 16.5. The van der Waals surface area contributed by atoms with Crippen LogP contribution in [0.2, 0.25) is 0 Å². The lowest BCUT2D eigenvalue weighted by atomic mass is 9.85. The average molecular weight is 458 g/mol. The number of rotatable bonds is 7. The predicted octanol–water partition coefficient (Wildman–Crippen LogP) is 4.23. The fraction of sp³-hybridized carbons (Fsp3) is 0.360. The third-order valence-electron chi connectivity index (χ3n) is 6.48. The third kappa shape index (κ3) is 4.20. The summed E-state index contributed by atoms with van der Waals surface area (Å²) in [5.74, 6) is 0.396. The molecule has 34 heavy (non-hydrogen) atoms. The smallest absolute Gasteiger partial charge is 0.261 e. The number of hydrogen-bond acceptors (Lipinski definition) is 6. The van der Waals surface area contributed by atoms with Crippen LogP contribution in [0.1, 0.15) is 31.7 Å². The molecule has 1 unspecified atom stereocenters. The zero-order valence-electron chi connectivity index (χ0n) is 19.1. The molecule has 1 saturated carbocycles. The van der Waals surface area contributed by atoms with Crippen LogP contribution in [0.25, 0.3) is 22.0 Å². The van der Waals surface area contributed by atoms with E-state index in [0.717, 1.165) is 48.0 Å². The molecule has 0 spiro atoms. The summed E-state index contributed by atoms with van der Waals surface area (Å²) >= 11 is 0. The van der Waals surface area contributed by atoms with Crippen molar-refractivity contribution in [1.82, 2.24) is 24.5 Å². The van der Waals surface area contributed by atoms with Gasteiger partial charge in [-0.1, -0.05) is 25.0 Å². The van der Waals surface area contributed by atoms with Crippen molar-refractivity contribution in [2.75, 3.05) is 19.0 Å². The number of anilines is 2. The number of nitrogens with one attached hydrogen (secondary N) is 2. The minimum Gasteiger partial charge on any atom is -0.383 e. The summed E-state index contributed by atoms with van der Waals surface area (Å²) < 4.78 is 8.84. The molecule has 1 aliphatic rings. The summed E-state index contributed by atoms with van der Waals surface area (Å²) in [6.45, 7) is 1.31. The maximum absolute atomic E-state index is 12.7. The lowest BCUT2D eigenvalue weighted by molar-refractivity contribution is 0.183. The van der Waals surface area contributed by atoms with E-state index in [1.54, 1.807) is 13.3 Å². The SMILES string of the molecule is COCCn1cc(-c2ccc(Nc3nn([C@H]4CCCCC4C#N)c4cc[nH]c(=O)c34)cc2)cn1. The molecule has 1 aromatic carbocycles. The van der Waals surface area contributed by atoms with Crippen LogP contribution in [-0.4, -0.2) is 38.3 Å². The van der Waals surface area contributed by atoms with Gasteiger partial charge in [0.1, 0.15) is 5.39 Å². The summed E-state index contributed by atoms with van der Waals surface area (Å²) in [4.78, 5) is 15.5. The Labute approximate surface area is 197 Å². The lowest BCUT2D eigenvalue weighted by Crippen LogP contribution is -2.23. The van der Waals surface area contributed by atoms with E-state index < -0.39 is 0 Å². The number of H-pyrrole nitrogens is 1. The molecule has 0 bridgehead atoms. The Balaban J connectivity index is 1.43. The molecule has 2 atom stereocenters. The molecule has 3 heterocycles. The number of nitrogens with zero attached hydrogens (tertiary/aromatic N) is 5. The maximum Gasteiger partial charge on any atom is 0.261 e. The van der Waals surface area contributed by atoms with Crippen molar-refractivity contribution >= 4 is 22.4 Å². The Kier molecular flexibility index (Phi) is 6.14. The predicted molar refractivity (Wildman–Crippen MR) is 130 cm³/mol. The van der Waals surface area contributed by atoms with E-state index in [-0.39, 0.29) is 17.5 Å². The number of nitriles is 1. The third-order valence-corrected chi connectivity index (χ3v) is 6.48. The van der Waals surface area contributed by atoms with Crippen LogP contribution in [0.5, 0.6) is 0 Å². The van der Waals surface area contributed by atoms with Crippen molar-refractivity contribution in [3.63, 3.8) is 0 Å². The van der Waals surface area contributed by atoms with Gasteiger partial charge < -0.3 is 15.0 Å². The highest BCUT2D eigenvalue weighted by Crippen LogP contribution is 2.36. The van der Waals surface area contributed by atoms with Gasteiger partial charge in [0, 0.05) is 30.8 Å². The molecule has 0 radical (unpaired) electrons. The first-order valence-corrected chi connectivity index (χ1v) is 11.6. The van der Waals surface area contributed by atoms with Crippen LogP contribution in [0.15, 0.2) is 53.7 Å². The molecule has 0 saturated heterocycles. The summed E-state index contributed by atoms with van der Waals surface area (Å²) in [5, 5.41) is 22.7. The van der Waals surface area contributed by atoms with E-state index in [0.29, 0.717) is 24.4 Å². The van der Waals surface area contributed by atoms with Gasteiger partial charge >= 0.3 is 0 Å². The number of aromatic nitrogens is 5. The molecule has 9 nitrogen and oxygen atoms in total. The Morgan fingerprint density at radius 3 is 2.82 bits per heavy atom. The first-order chi connectivity index (χ1) is 16.7. The quantitative estimate of drug-likeness (QED) is 0.429. The number of fused-ring (bicyclic) bond motifs is 1. The lowest BCUT2D eigenvalue weighted by Gasteiger charge is -2.27. The second-order valence-electron chi connectivity index (χ2n) is 8.63. The number of ether oxygens (including phenoxy) is 1. The zero-order valence-corrected chi connectivity index (χ0v) is 19.1. The van der Waals surface area contributed by atoms with E-state index in [2.05, 4.69) is 21.5 Å². The molecular weight excluding hydrogens is 430 g/mol. The highest BCUT2D eigenvalue weighted by molar-refractivity contribution is 5.91. The van der Waals surface area contributed by atoms with Gasteiger partial charge in [0.05, 0.1) is 42.9 Å². The molecular formula is C25H27N7O2. The summed E-state index contributed by atoms with van der Waals surface area (Å²) in [6, 6.07) is 12.2. The van der Waals surface area contributed by atoms with Crippen molar-refractivity contribution in [2.45, 2.75) is 38.3 Å². The standard InChI is InChI=1S/C25H27N7O2/c1-34-13-12-31-16-19(15-28-31)17-6-8-20(9-7-17)29-24-23-22(10-11-27-25(23)33)32(30-24)21-5-3-2-4-18(21)14-26/h6-11,15-16,18,21H,2-5,12-13H2,1H3,(H,27,33)(H,29,30)/t18?,21-/m0/s1. The number of methoxy groups -OCH3 is 1. The minimum absolute atomic E-state index is 0.0318. The summed E-state index contributed by atoms with van der Waals surface area (Å²) in [7, 11) is 1.67. The van der Waals surface area contributed by atoms with Crippen molar-refractivity contribution in [1.29, 1.82) is 5.26 Å². The second kappa shape index (κ2) is 9.53. The van der Waals surface area contributed by atoms with Gasteiger partial charge in [-0.3, -0.25) is 14.2 Å². The molecule has 1 fully saturated rings. The first kappa shape index (κ1) is 21.9. The van der Waals surface area contributed by atoms with E-state index in [9.17, 15) is 10.1 Å². The summed E-state index contributed by atoms with van der Waals surface area (Å²) in [5.41, 5.74) is 3.44. The van der Waals surface area contributed by atoms with Gasteiger partial charge in [-0.2, -0.15) is 15.5 Å². The summed E-state index contributed by atoms with van der Waals surface area (Å²) in [6.07, 6.45) is 9.32. The molecule has 0 amide bonds. The topological polar surface area (TPSA) is 114 Å². The largest absolute Gasteiger partial charge is 0.383 e. The molecule has 9 heteroatoms. The highest BCUT2D eigenvalue weighted by Gasteiger charge is 2.29. The average Bonchev–Trinajstić information content (AvgIpc) is 3.49. The van der Waals surface area contributed by atoms with Crippen LogP contribution in [0.4, 0.5) is 11.5 Å². The van der Waals surface area contributed by atoms with Gasteiger partial charge in [0.15, 0.2) is 5.82 Å².